The third-order valence-corrected chi connectivity index (χ3v) is 3.68. The number of carboxylic acid groups (broad SMARTS) is 2. The number of carbonyl (C=O) groups excluding carboxylic acids is 2. The molecule has 0 amide bonds. The number of hydrogen-bond acceptors (Lipinski definition) is 8. The fourth-order valence-electron chi connectivity index (χ4n) is 2.24. The molecule has 2 N–H and O–H groups in total. The van der Waals surface area contributed by atoms with Crippen molar-refractivity contribution in [3.05, 3.63) is 11.1 Å². The quantitative estimate of drug-likeness (QED) is 0.243. The molecule has 0 aliphatic rings. The minimum atomic E-state index is -1.64. The third kappa shape index (κ3) is 8.49. The minimum Gasteiger partial charge on any atom is -0.478 e. The second kappa shape index (κ2) is 13.7. The van der Waals surface area contributed by atoms with Crippen LogP contribution in [0.15, 0.2) is 11.1 Å². The van der Waals surface area contributed by atoms with Gasteiger partial charge in [0.2, 0.25) is 0 Å². The fourth-order valence-corrected chi connectivity index (χ4v) is 2.24. The van der Waals surface area contributed by atoms with Crippen molar-refractivity contribution in [1.82, 2.24) is 0 Å². The van der Waals surface area contributed by atoms with Gasteiger partial charge in [0, 0.05) is 13.2 Å². The summed E-state index contributed by atoms with van der Waals surface area (Å²) in [6, 6.07) is 0. The second-order valence-corrected chi connectivity index (χ2v) is 5.61. The van der Waals surface area contributed by atoms with Crippen molar-refractivity contribution < 1.29 is 48.3 Å². The molecule has 28 heavy (non-hydrogen) atoms. The van der Waals surface area contributed by atoms with E-state index in [2.05, 4.69) is 0 Å². The van der Waals surface area contributed by atoms with Crippen LogP contribution >= 0.6 is 0 Å². The van der Waals surface area contributed by atoms with E-state index >= 15 is 0 Å². The molecule has 160 valence electrons. The largest absolute Gasteiger partial charge is 0.478 e. The first-order valence-electron chi connectivity index (χ1n) is 8.88. The molecule has 10 nitrogen and oxygen atoms in total. The predicted molar refractivity (Wildman–Crippen MR) is 95.5 cm³/mol. The predicted octanol–water partition coefficient (Wildman–Crippen LogP) is 0.884. The van der Waals surface area contributed by atoms with Gasteiger partial charge in [0.15, 0.2) is 0 Å². The van der Waals surface area contributed by atoms with E-state index in [1.54, 1.807) is 13.8 Å². The van der Waals surface area contributed by atoms with E-state index in [0.29, 0.717) is 13.2 Å². The lowest BCUT2D eigenvalue weighted by Gasteiger charge is -2.19. The third-order valence-electron chi connectivity index (χ3n) is 3.68. The summed E-state index contributed by atoms with van der Waals surface area (Å²) in [5, 5.41) is 18.9. The molecule has 0 aromatic heterocycles. The van der Waals surface area contributed by atoms with Gasteiger partial charge in [-0.1, -0.05) is 0 Å². The summed E-state index contributed by atoms with van der Waals surface area (Å²) in [6.45, 7) is 6.75. The lowest BCUT2D eigenvalue weighted by atomic mass is 9.88. The van der Waals surface area contributed by atoms with Crippen molar-refractivity contribution in [2.45, 2.75) is 27.7 Å². The monoisotopic (exact) mass is 404 g/mol. The Bertz CT molecular complexity index is 531. The van der Waals surface area contributed by atoms with Crippen LogP contribution in [0.4, 0.5) is 0 Å². The van der Waals surface area contributed by atoms with Gasteiger partial charge in [-0.2, -0.15) is 0 Å². The lowest BCUT2D eigenvalue weighted by Crippen LogP contribution is -2.30. The molecule has 0 rings (SSSR count). The SMILES string of the molecule is CCOCCOC(=O)C(C)/C(C(=O)O)=C(\C(=O)O)C(C)C(=O)OCCOCC. The number of hydrogen-bond donors (Lipinski definition) is 2. The first kappa shape index (κ1) is 25.5. The van der Waals surface area contributed by atoms with Crippen LogP contribution in [-0.2, 0) is 38.1 Å². The highest BCUT2D eigenvalue weighted by molar-refractivity contribution is 6.05. The van der Waals surface area contributed by atoms with E-state index in [4.69, 9.17) is 18.9 Å². The Labute approximate surface area is 163 Å². The Balaban J connectivity index is 5.49. The Kier molecular flexibility index (Phi) is 12.5. The van der Waals surface area contributed by atoms with Gasteiger partial charge in [-0.25, -0.2) is 9.59 Å². The minimum absolute atomic E-state index is 0.110. The molecular weight excluding hydrogens is 376 g/mol. The highest BCUT2D eigenvalue weighted by atomic mass is 16.6. The zero-order valence-electron chi connectivity index (χ0n) is 16.6. The standard InChI is InChI=1S/C18H28O10/c1-5-25-7-9-27-17(23)11(3)13(15(19)20)14(16(21)22)12(4)18(24)28-10-8-26-6-2/h11-12H,5-10H2,1-4H3,(H,19,20)(H,21,22)/b14-13+. The van der Waals surface area contributed by atoms with E-state index in [-0.39, 0.29) is 26.4 Å². The molecule has 2 unspecified atom stereocenters. The molecular formula is C18H28O10. The number of carbonyl (C=O) groups is 4. The molecule has 0 saturated carbocycles. The van der Waals surface area contributed by atoms with Crippen LogP contribution in [0.1, 0.15) is 27.7 Å². The molecule has 2 atom stereocenters. The second-order valence-electron chi connectivity index (χ2n) is 5.61. The van der Waals surface area contributed by atoms with Crippen molar-refractivity contribution in [2.24, 2.45) is 11.8 Å². The number of rotatable bonds is 14. The molecule has 0 heterocycles. The Morgan fingerprint density at radius 2 is 1.00 bits per heavy atom. The molecule has 0 bridgehead atoms. The smallest absolute Gasteiger partial charge is 0.333 e. The van der Waals surface area contributed by atoms with Crippen LogP contribution in [0.5, 0.6) is 0 Å². The van der Waals surface area contributed by atoms with Gasteiger partial charge >= 0.3 is 23.9 Å². The summed E-state index contributed by atoms with van der Waals surface area (Å²) in [6.07, 6.45) is 0. The topological polar surface area (TPSA) is 146 Å². The number of aliphatic carboxylic acids is 2. The first-order valence-corrected chi connectivity index (χ1v) is 8.88. The summed E-state index contributed by atoms with van der Waals surface area (Å²) in [4.78, 5) is 47.6. The van der Waals surface area contributed by atoms with Gasteiger partial charge in [0.25, 0.3) is 0 Å². The van der Waals surface area contributed by atoms with Crippen molar-refractivity contribution in [1.29, 1.82) is 0 Å². The summed E-state index contributed by atoms with van der Waals surface area (Å²) < 4.78 is 19.8. The zero-order chi connectivity index (χ0) is 21.7. The molecule has 0 spiro atoms. The maximum Gasteiger partial charge on any atom is 0.333 e. The average molecular weight is 404 g/mol. The highest BCUT2D eigenvalue weighted by Gasteiger charge is 2.36. The van der Waals surface area contributed by atoms with Crippen molar-refractivity contribution in [2.75, 3.05) is 39.6 Å². The fraction of sp³-hybridized carbons (Fsp3) is 0.667. The summed E-state index contributed by atoms with van der Waals surface area (Å²) in [5.74, 6) is -7.98. The molecule has 0 fully saturated rings. The van der Waals surface area contributed by atoms with Gasteiger partial charge in [-0.05, 0) is 27.7 Å². The first-order chi connectivity index (χ1) is 13.2. The number of ether oxygens (including phenoxy) is 4. The summed E-state index contributed by atoms with van der Waals surface area (Å²) >= 11 is 0. The summed E-state index contributed by atoms with van der Waals surface area (Å²) in [7, 11) is 0. The Morgan fingerprint density at radius 1 is 0.679 bits per heavy atom. The van der Waals surface area contributed by atoms with Gasteiger partial charge in [-0.3, -0.25) is 9.59 Å². The maximum absolute atomic E-state index is 12.1. The van der Waals surface area contributed by atoms with Gasteiger partial charge < -0.3 is 29.2 Å². The van der Waals surface area contributed by atoms with Crippen LogP contribution in [0.3, 0.4) is 0 Å². The molecule has 0 aliphatic heterocycles. The van der Waals surface area contributed by atoms with Crippen LogP contribution in [0, 0.1) is 11.8 Å². The van der Waals surface area contributed by atoms with E-state index in [0.717, 1.165) is 0 Å². The number of carboxylic acids is 2. The molecule has 0 aromatic carbocycles. The van der Waals surface area contributed by atoms with E-state index in [9.17, 15) is 29.4 Å². The van der Waals surface area contributed by atoms with Crippen LogP contribution in [0.2, 0.25) is 0 Å². The Morgan fingerprint density at radius 3 is 1.25 bits per heavy atom. The van der Waals surface area contributed by atoms with Gasteiger partial charge in [0.05, 0.1) is 36.2 Å². The van der Waals surface area contributed by atoms with Crippen molar-refractivity contribution in [3.8, 4) is 0 Å². The van der Waals surface area contributed by atoms with Gasteiger partial charge in [0.1, 0.15) is 13.2 Å². The lowest BCUT2D eigenvalue weighted by molar-refractivity contribution is -0.152. The normalized spacial score (nSPS) is 13.9. The molecule has 0 aliphatic carbocycles. The van der Waals surface area contributed by atoms with E-state index < -0.39 is 46.9 Å². The zero-order valence-corrected chi connectivity index (χ0v) is 16.6. The van der Waals surface area contributed by atoms with Gasteiger partial charge in [-0.15, -0.1) is 0 Å². The molecule has 10 heteroatoms. The average Bonchev–Trinajstić information content (AvgIpc) is 2.64. The maximum atomic E-state index is 12.1. The van der Waals surface area contributed by atoms with Crippen molar-refractivity contribution >= 4 is 23.9 Å². The van der Waals surface area contributed by atoms with E-state index in [1.807, 2.05) is 0 Å². The molecule has 0 radical (unpaired) electrons. The van der Waals surface area contributed by atoms with Crippen LogP contribution in [-0.4, -0.2) is 73.7 Å². The highest BCUT2D eigenvalue weighted by Crippen LogP contribution is 2.25. The van der Waals surface area contributed by atoms with Crippen LogP contribution in [0.25, 0.3) is 0 Å². The van der Waals surface area contributed by atoms with Crippen molar-refractivity contribution in [3.63, 3.8) is 0 Å². The number of esters is 2. The summed E-state index contributed by atoms with van der Waals surface area (Å²) in [5.41, 5.74) is -1.47. The van der Waals surface area contributed by atoms with E-state index in [1.165, 1.54) is 13.8 Å². The van der Waals surface area contributed by atoms with Crippen LogP contribution < -0.4 is 0 Å². The molecule has 0 aromatic rings. The Hall–Kier alpha value is -2.46. The molecule has 0 saturated heterocycles.